The molecule has 0 saturated heterocycles. The van der Waals surface area contributed by atoms with Crippen LogP contribution in [0, 0.1) is 5.82 Å². The Hall–Kier alpha value is -1.91. The largest absolute Gasteiger partial charge is 0.353 e. The number of nitrogens with one attached hydrogen (secondary N) is 1. The van der Waals surface area contributed by atoms with Gasteiger partial charge in [0.1, 0.15) is 5.82 Å². The van der Waals surface area contributed by atoms with Gasteiger partial charge in [0.25, 0.3) is 0 Å². The summed E-state index contributed by atoms with van der Waals surface area (Å²) < 4.78 is 12.9. The van der Waals surface area contributed by atoms with Crippen LogP contribution in [0.25, 0.3) is 0 Å². The first-order valence-corrected chi connectivity index (χ1v) is 7.39. The molecule has 0 bridgehead atoms. The summed E-state index contributed by atoms with van der Waals surface area (Å²) in [4.78, 5) is 25.1. The molecule has 0 spiro atoms. The molecule has 1 aliphatic carbocycles. The van der Waals surface area contributed by atoms with Gasteiger partial charge in [-0.25, -0.2) is 4.39 Å². The molecule has 0 radical (unpaired) electrons. The molecule has 1 N–H and O–H groups in total. The van der Waals surface area contributed by atoms with Crippen LogP contribution < -0.4 is 10.2 Å². The van der Waals surface area contributed by atoms with Gasteiger partial charge in [-0.1, -0.05) is 12.8 Å². The fourth-order valence-corrected chi connectivity index (χ4v) is 2.67. The van der Waals surface area contributed by atoms with Crippen molar-refractivity contribution in [3.05, 3.63) is 30.1 Å². The number of hydrogen-bond acceptors (Lipinski definition) is 2. The molecule has 4 nitrogen and oxygen atoms in total. The van der Waals surface area contributed by atoms with Crippen LogP contribution in [0.1, 0.15) is 39.0 Å². The summed E-state index contributed by atoms with van der Waals surface area (Å²) in [5.41, 5.74) is 0.609. The highest BCUT2D eigenvalue weighted by Crippen LogP contribution is 2.18. The van der Waals surface area contributed by atoms with Crippen LogP contribution in [0.3, 0.4) is 0 Å². The number of benzene rings is 1. The zero-order chi connectivity index (χ0) is 15.2. The van der Waals surface area contributed by atoms with Gasteiger partial charge in [0.2, 0.25) is 11.8 Å². The van der Waals surface area contributed by atoms with Gasteiger partial charge in [0.05, 0.1) is 0 Å². The van der Waals surface area contributed by atoms with Crippen LogP contribution in [-0.2, 0) is 9.59 Å². The first-order valence-electron chi connectivity index (χ1n) is 7.39. The van der Waals surface area contributed by atoms with Crippen molar-refractivity contribution in [2.24, 2.45) is 0 Å². The summed E-state index contributed by atoms with van der Waals surface area (Å²) in [5, 5.41) is 3.00. The molecule has 0 aromatic heterocycles. The average Bonchev–Trinajstić information content (AvgIpc) is 2.93. The number of anilines is 1. The van der Waals surface area contributed by atoms with E-state index in [4.69, 9.17) is 0 Å². The van der Waals surface area contributed by atoms with Gasteiger partial charge in [0, 0.05) is 31.6 Å². The lowest BCUT2D eigenvalue weighted by atomic mass is 10.2. The summed E-state index contributed by atoms with van der Waals surface area (Å²) in [6.07, 6.45) is 4.67. The number of rotatable bonds is 5. The topological polar surface area (TPSA) is 49.4 Å². The molecule has 1 aliphatic rings. The maximum atomic E-state index is 12.9. The Kier molecular flexibility index (Phi) is 5.31. The van der Waals surface area contributed by atoms with Gasteiger partial charge < -0.3 is 10.2 Å². The lowest BCUT2D eigenvalue weighted by Gasteiger charge is -2.21. The second kappa shape index (κ2) is 7.20. The summed E-state index contributed by atoms with van der Waals surface area (Å²) in [6.45, 7) is 1.75. The van der Waals surface area contributed by atoms with Crippen molar-refractivity contribution >= 4 is 17.5 Å². The maximum Gasteiger partial charge on any atom is 0.223 e. The number of hydrogen-bond donors (Lipinski definition) is 1. The lowest BCUT2D eigenvalue weighted by molar-refractivity contribution is -0.121. The van der Waals surface area contributed by atoms with E-state index in [0.29, 0.717) is 12.2 Å². The van der Waals surface area contributed by atoms with E-state index >= 15 is 0 Å². The van der Waals surface area contributed by atoms with E-state index in [9.17, 15) is 14.0 Å². The monoisotopic (exact) mass is 292 g/mol. The van der Waals surface area contributed by atoms with Gasteiger partial charge in [-0.3, -0.25) is 9.59 Å². The fraction of sp³-hybridized carbons (Fsp3) is 0.500. The zero-order valence-electron chi connectivity index (χ0n) is 12.3. The van der Waals surface area contributed by atoms with E-state index in [1.54, 1.807) is 12.1 Å². The third-order valence-corrected chi connectivity index (χ3v) is 3.80. The highest BCUT2D eigenvalue weighted by molar-refractivity contribution is 5.92. The predicted octanol–water partition coefficient (Wildman–Crippen LogP) is 2.63. The minimum absolute atomic E-state index is 0.0322. The van der Waals surface area contributed by atoms with Crippen LogP contribution in [0.4, 0.5) is 10.1 Å². The van der Waals surface area contributed by atoms with E-state index in [0.717, 1.165) is 12.8 Å². The average molecular weight is 292 g/mol. The third-order valence-electron chi connectivity index (χ3n) is 3.80. The normalized spacial score (nSPS) is 15.0. The van der Waals surface area contributed by atoms with Crippen molar-refractivity contribution in [3.63, 3.8) is 0 Å². The molecule has 5 heteroatoms. The van der Waals surface area contributed by atoms with E-state index in [-0.39, 0.29) is 30.1 Å². The molecule has 1 aromatic rings. The van der Waals surface area contributed by atoms with Crippen LogP contribution in [-0.4, -0.2) is 24.4 Å². The standard InChI is InChI=1S/C16H21FN2O2/c1-12(20)19(15-8-6-13(17)7-9-15)11-10-16(21)18-14-4-2-3-5-14/h6-9,14H,2-5,10-11H2,1H3,(H,18,21). The van der Waals surface area contributed by atoms with Crippen LogP contribution in [0.15, 0.2) is 24.3 Å². The molecule has 21 heavy (non-hydrogen) atoms. The molecule has 1 fully saturated rings. The molecule has 1 saturated carbocycles. The Labute approximate surface area is 124 Å². The van der Waals surface area contributed by atoms with E-state index in [2.05, 4.69) is 5.32 Å². The van der Waals surface area contributed by atoms with Crippen LogP contribution >= 0.6 is 0 Å². The Morgan fingerprint density at radius 1 is 1.24 bits per heavy atom. The summed E-state index contributed by atoms with van der Waals surface area (Å²) in [6, 6.07) is 6.00. The second-order valence-electron chi connectivity index (χ2n) is 5.45. The number of carbonyl (C=O) groups is 2. The number of amides is 2. The minimum Gasteiger partial charge on any atom is -0.353 e. The molecule has 2 amide bonds. The van der Waals surface area contributed by atoms with Gasteiger partial charge in [-0.15, -0.1) is 0 Å². The molecule has 0 atom stereocenters. The lowest BCUT2D eigenvalue weighted by Crippen LogP contribution is -2.37. The van der Waals surface area contributed by atoms with Crippen molar-refractivity contribution in [1.29, 1.82) is 0 Å². The number of halogens is 1. The highest BCUT2D eigenvalue weighted by atomic mass is 19.1. The number of nitrogens with zero attached hydrogens (tertiary/aromatic N) is 1. The minimum atomic E-state index is -0.346. The van der Waals surface area contributed by atoms with Crippen LogP contribution in [0.2, 0.25) is 0 Å². The van der Waals surface area contributed by atoms with Gasteiger partial charge in [0.15, 0.2) is 0 Å². The Bertz CT molecular complexity index is 496. The predicted molar refractivity (Wildman–Crippen MR) is 79.4 cm³/mol. The SMILES string of the molecule is CC(=O)N(CCC(=O)NC1CCCC1)c1ccc(F)cc1. The summed E-state index contributed by atoms with van der Waals surface area (Å²) in [5.74, 6) is -0.535. The maximum absolute atomic E-state index is 12.9. The van der Waals surface area contributed by atoms with Gasteiger partial charge in [-0.2, -0.15) is 0 Å². The first kappa shape index (κ1) is 15.5. The molecule has 2 rings (SSSR count). The molecule has 0 heterocycles. The van der Waals surface area contributed by atoms with Crippen molar-refractivity contribution in [2.75, 3.05) is 11.4 Å². The van der Waals surface area contributed by atoms with Crippen molar-refractivity contribution in [2.45, 2.75) is 45.1 Å². The van der Waals surface area contributed by atoms with E-state index < -0.39 is 0 Å². The highest BCUT2D eigenvalue weighted by Gasteiger charge is 2.18. The van der Waals surface area contributed by atoms with E-state index in [1.165, 1.54) is 36.8 Å². The number of carbonyl (C=O) groups excluding carboxylic acids is 2. The van der Waals surface area contributed by atoms with Gasteiger partial charge in [-0.05, 0) is 37.1 Å². The molecular weight excluding hydrogens is 271 g/mol. The fourth-order valence-electron chi connectivity index (χ4n) is 2.67. The smallest absolute Gasteiger partial charge is 0.223 e. The molecule has 0 aliphatic heterocycles. The molecular formula is C16H21FN2O2. The Morgan fingerprint density at radius 3 is 2.43 bits per heavy atom. The van der Waals surface area contributed by atoms with E-state index in [1.807, 2.05) is 0 Å². The quantitative estimate of drug-likeness (QED) is 0.907. The molecule has 0 unspecified atom stereocenters. The first-order chi connectivity index (χ1) is 10.1. The zero-order valence-corrected chi connectivity index (χ0v) is 12.3. The van der Waals surface area contributed by atoms with Crippen LogP contribution in [0.5, 0.6) is 0 Å². The summed E-state index contributed by atoms with van der Waals surface area (Å²) >= 11 is 0. The second-order valence-corrected chi connectivity index (χ2v) is 5.45. The van der Waals surface area contributed by atoms with Crippen molar-refractivity contribution < 1.29 is 14.0 Å². The van der Waals surface area contributed by atoms with Gasteiger partial charge >= 0.3 is 0 Å². The third kappa shape index (κ3) is 4.55. The van der Waals surface area contributed by atoms with Crippen molar-refractivity contribution in [1.82, 2.24) is 5.32 Å². The van der Waals surface area contributed by atoms with Crippen molar-refractivity contribution in [3.8, 4) is 0 Å². The molecule has 1 aromatic carbocycles. The molecule has 114 valence electrons. The Morgan fingerprint density at radius 2 is 1.86 bits per heavy atom. The Balaban J connectivity index is 1.89. The summed E-state index contributed by atoms with van der Waals surface area (Å²) in [7, 11) is 0.